The minimum Gasteiger partial charge on any atom is -0.490 e. The van der Waals surface area contributed by atoms with Gasteiger partial charge in [-0.05, 0) is 43.9 Å². The molecule has 2 saturated heterocycles. The number of carbonyl (C=O) groups is 2. The summed E-state index contributed by atoms with van der Waals surface area (Å²) in [5.74, 6) is 1.20. The van der Waals surface area contributed by atoms with Gasteiger partial charge < -0.3 is 9.64 Å². The number of likely N-dealkylation sites (tertiary alicyclic amines) is 1. The predicted octanol–water partition coefficient (Wildman–Crippen LogP) is 2.63. The van der Waals surface area contributed by atoms with Gasteiger partial charge in [-0.2, -0.15) is 0 Å². The molecule has 0 bridgehead atoms. The maximum absolute atomic E-state index is 12.5. The van der Waals surface area contributed by atoms with E-state index in [9.17, 15) is 9.59 Å². The molecule has 0 N–H and O–H groups in total. The highest BCUT2D eigenvalue weighted by Gasteiger charge is 2.35. The smallest absolute Gasteiger partial charge is 0.277 e. The summed E-state index contributed by atoms with van der Waals surface area (Å²) in [5.41, 5.74) is 0.589. The highest BCUT2D eigenvalue weighted by molar-refractivity contribution is 5.94. The van der Waals surface area contributed by atoms with E-state index < -0.39 is 0 Å². The molecule has 0 atom stereocenters. The Kier molecular flexibility index (Phi) is 5.11. The SMILES string of the molecule is O=C(C1CC1)N1CCC(Oc2cccc(C(=O)N3CCCCO3)c2)CC1. The fraction of sp³-hybridized carbons (Fsp3) is 0.600. The van der Waals surface area contributed by atoms with Crippen molar-refractivity contribution in [3.05, 3.63) is 29.8 Å². The molecule has 1 saturated carbocycles. The third-order valence-electron chi connectivity index (χ3n) is 5.29. The van der Waals surface area contributed by atoms with Crippen molar-refractivity contribution < 1.29 is 19.2 Å². The average Bonchev–Trinajstić information content (AvgIpc) is 3.54. The molecule has 6 heteroatoms. The summed E-state index contributed by atoms with van der Waals surface area (Å²) in [6.07, 6.45) is 5.84. The molecule has 0 radical (unpaired) electrons. The predicted molar refractivity (Wildman–Crippen MR) is 95.6 cm³/mol. The van der Waals surface area contributed by atoms with Gasteiger partial charge in [0.2, 0.25) is 5.91 Å². The molecule has 1 aromatic rings. The van der Waals surface area contributed by atoms with Crippen molar-refractivity contribution in [1.29, 1.82) is 0 Å². The fourth-order valence-corrected chi connectivity index (χ4v) is 3.58. The lowest BCUT2D eigenvalue weighted by molar-refractivity contribution is -0.144. The Labute approximate surface area is 154 Å². The summed E-state index contributed by atoms with van der Waals surface area (Å²) < 4.78 is 6.09. The van der Waals surface area contributed by atoms with Gasteiger partial charge in [-0.15, -0.1) is 0 Å². The van der Waals surface area contributed by atoms with Crippen LogP contribution in [0.3, 0.4) is 0 Å². The van der Waals surface area contributed by atoms with Crippen molar-refractivity contribution in [3.8, 4) is 5.75 Å². The Bertz CT molecular complexity index is 660. The van der Waals surface area contributed by atoms with Crippen molar-refractivity contribution in [2.45, 2.75) is 44.6 Å². The molecule has 3 aliphatic rings. The van der Waals surface area contributed by atoms with Gasteiger partial charge in [-0.25, -0.2) is 5.06 Å². The lowest BCUT2D eigenvalue weighted by Crippen LogP contribution is -2.42. The van der Waals surface area contributed by atoms with Crippen LogP contribution in [-0.4, -0.2) is 54.1 Å². The van der Waals surface area contributed by atoms with E-state index >= 15 is 0 Å². The van der Waals surface area contributed by atoms with Crippen LogP contribution in [0.5, 0.6) is 5.75 Å². The monoisotopic (exact) mass is 358 g/mol. The molecule has 6 nitrogen and oxygen atoms in total. The topological polar surface area (TPSA) is 59.1 Å². The Morgan fingerprint density at radius 3 is 2.54 bits per heavy atom. The van der Waals surface area contributed by atoms with Gasteiger partial charge in [0.05, 0.1) is 6.61 Å². The van der Waals surface area contributed by atoms with Crippen molar-refractivity contribution in [2.75, 3.05) is 26.2 Å². The number of hydroxylamine groups is 2. The van der Waals surface area contributed by atoms with E-state index in [1.54, 1.807) is 12.1 Å². The molecule has 2 aliphatic heterocycles. The van der Waals surface area contributed by atoms with Crippen LogP contribution >= 0.6 is 0 Å². The molecule has 0 aromatic heterocycles. The van der Waals surface area contributed by atoms with Crippen LogP contribution in [-0.2, 0) is 9.63 Å². The second-order valence-electron chi connectivity index (χ2n) is 7.39. The molecule has 2 amide bonds. The molecule has 2 heterocycles. The van der Waals surface area contributed by atoms with Gasteiger partial charge in [-0.3, -0.25) is 14.4 Å². The quantitative estimate of drug-likeness (QED) is 0.830. The average molecular weight is 358 g/mol. The second-order valence-corrected chi connectivity index (χ2v) is 7.39. The van der Waals surface area contributed by atoms with Gasteiger partial charge in [0.25, 0.3) is 5.91 Å². The number of nitrogens with zero attached hydrogens (tertiary/aromatic N) is 2. The number of amides is 2. The number of ether oxygens (including phenoxy) is 1. The van der Waals surface area contributed by atoms with Crippen LogP contribution < -0.4 is 4.74 Å². The number of rotatable bonds is 4. The van der Waals surface area contributed by atoms with Crippen molar-refractivity contribution in [1.82, 2.24) is 9.96 Å². The van der Waals surface area contributed by atoms with Gasteiger partial charge in [0.15, 0.2) is 0 Å². The largest absolute Gasteiger partial charge is 0.490 e. The van der Waals surface area contributed by atoms with E-state index in [2.05, 4.69) is 0 Å². The normalized spacial score (nSPS) is 21.5. The zero-order valence-electron chi connectivity index (χ0n) is 15.1. The third kappa shape index (κ3) is 4.01. The Balaban J connectivity index is 1.32. The second kappa shape index (κ2) is 7.66. The minimum atomic E-state index is -0.111. The van der Waals surface area contributed by atoms with E-state index in [0.29, 0.717) is 30.4 Å². The van der Waals surface area contributed by atoms with E-state index in [1.807, 2.05) is 17.0 Å². The van der Waals surface area contributed by atoms with E-state index in [0.717, 1.165) is 51.6 Å². The fourth-order valence-electron chi connectivity index (χ4n) is 3.58. The standard InChI is InChI=1S/C20H26N2O4/c23-19(15-6-7-15)21-11-8-17(9-12-21)26-18-5-3-4-16(14-18)20(24)22-10-1-2-13-25-22/h3-5,14-15,17H,1-2,6-13H2. The zero-order valence-corrected chi connectivity index (χ0v) is 15.1. The summed E-state index contributed by atoms with van der Waals surface area (Å²) in [4.78, 5) is 32.1. The first-order valence-corrected chi connectivity index (χ1v) is 9.71. The van der Waals surface area contributed by atoms with E-state index in [1.165, 1.54) is 5.06 Å². The van der Waals surface area contributed by atoms with Crippen molar-refractivity contribution in [2.24, 2.45) is 5.92 Å². The molecule has 1 aromatic carbocycles. The summed E-state index contributed by atoms with van der Waals surface area (Å²) in [6, 6.07) is 7.32. The van der Waals surface area contributed by atoms with Gasteiger partial charge in [0.1, 0.15) is 11.9 Å². The number of hydrogen-bond acceptors (Lipinski definition) is 4. The summed E-state index contributed by atoms with van der Waals surface area (Å²) in [7, 11) is 0. The molecular formula is C20H26N2O4. The van der Waals surface area contributed by atoms with E-state index in [-0.39, 0.29) is 17.9 Å². The Hall–Kier alpha value is -2.08. The van der Waals surface area contributed by atoms with Crippen molar-refractivity contribution in [3.63, 3.8) is 0 Å². The van der Waals surface area contributed by atoms with Crippen LogP contribution in [0.1, 0.15) is 48.9 Å². The van der Waals surface area contributed by atoms with Crippen LogP contribution in [0.4, 0.5) is 0 Å². The van der Waals surface area contributed by atoms with Crippen LogP contribution in [0, 0.1) is 5.92 Å². The molecular weight excluding hydrogens is 332 g/mol. The minimum absolute atomic E-state index is 0.0924. The molecule has 4 rings (SSSR count). The summed E-state index contributed by atoms with van der Waals surface area (Å²) >= 11 is 0. The molecule has 3 fully saturated rings. The maximum atomic E-state index is 12.5. The molecule has 0 unspecified atom stereocenters. The Morgan fingerprint density at radius 1 is 1.04 bits per heavy atom. The number of hydrogen-bond donors (Lipinski definition) is 0. The van der Waals surface area contributed by atoms with Crippen LogP contribution in [0.2, 0.25) is 0 Å². The van der Waals surface area contributed by atoms with Gasteiger partial charge in [-0.1, -0.05) is 6.07 Å². The zero-order chi connectivity index (χ0) is 17.9. The lowest BCUT2D eigenvalue weighted by Gasteiger charge is -2.32. The third-order valence-corrected chi connectivity index (χ3v) is 5.29. The lowest BCUT2D eigenvalue weighted by atomic mass is 10.1. The highest BCUT2D eigenvalue weighted by atomic mass is 16.7. The first-order chi connectivity index (χ1) is 12.7. The number of carbonyl (C=O) groups excluding carboxylic acids is 2. The van der Waals surface area contributed by atoms with Crippen molar-refractivity contribution >= 4 is 11.8 Å². The maximum Gasteiger partial charge on any atom is 0.277 e. The molecule has 140 valence electrons. The summed E-state index contributed by atoms with van der Waals surface area (Å²) in [6.45, 7) is 2.76. The number of piperidine rings is 1. The van der Waals surface area contributed by atoms with Crippen LogP contribution in [0.15, 0.2) is 24.3 Å². The summed E-state index contributed by atoms with van der Waals surface area (Å²) in [5, 5.41) is 1.45. The molecule has 26 heavy (non-hydrogen) atoms. The first-order valence-electron chi connectivity index (χ1n) is 9.71. The molecule has 1 aliphatic carbocycles. The van der Waals surface area contributed by atoms with Crippen LogP contribution in [0.25, 0.3) is 0 Å². The molecule has 0 spiro atoms. The van der Waals surface area contributed by atoms with Gasteiger partial charge in [0, 0.05) is 44.0 Å². The highest BCUT2D eigenvalue weighted by Crippen LogP contribution is 2.32. The Morgan fingerprint density at radius 2 is 1.85 bits per heavy atom. The van der Waals surface area contributed by atoms with E-state index in [4.69, 9.17) is 9.57 Å². The van der Waals surface area contributed by atoms with Gasteiger partial charge >= 0.3 is 0 Å². The number of benzene rings is 1. The first kappa shape index (κ1) is 17.3.